The third-order valence-electron chi connectivity index (χ3n) is 3.34. The second kappa shape index (κ2) is 5.67. The molecule has 1 aromatic heterocycles. The summed E-state index contributed by atoms with van der Waals surface area (Å²) in [4.78, 5) is 13.9. The van der Waals surface area contributed by atoms with Crippen molar-refractivity contribution in [1.29, 1.82) is 0 Å². The van der Waals surface area contributed by atoms with E-state index in [1.165, 1.54) is 0 Å². The van der Waals surface area contributed by atoms with Gasteiger partial charge in [0.1, 0.15) is 0 Å². The van der Waals surface area contributed by atoms with Gasteiger partial charge in [-0.1, -0.05) is 33.6 Å². The molecular weight excluding hydrogens is 356 g/mol. The molecule has 1 heterocycles. The number of benzene rings is 2. The van der Waals surface area contributed by atoms with Crippen LogP contribution in [0, 0.1) is 0 Å². The van der Waals surface area contributed by atoms with Crippen LogP contribution in [0.4, 0.5) is 0 Å². The number of aromatic amines is 1. The number of fused-ring (bicyclic) bond motifs is 1. The van der Waals surface area contributed by atoms with E-state index in [1.807, 2.05) is 43.4 Å². The summed E-state index contributed by atoms with van der Waals surface area (Å²) < 4.78 is 6.07. The van der Waals surface area contributed by atoms with Crippen LogP contribution in [0.5, 0.6) is 0 Å². The number of oxazole rings is 1. The molecule has 4 nitrogen and oxygen atoms in total. The molecule has 2 N–H and O–H groups in total. The maximum Gasteiger partial charge on any atom is 0.417 e. The molecule has 0 aliphatic carbocycles. The molecular formula is C15H12BrClN2O2. The standard InChI is InChI=1S/C15H12BrClN2O2/c1-18-14(10-7-9(16)3-4-11(10)17)8-2-5-12-13(6-8)21-15(20)19-12/h2-7,14,18H,1H3,(H,19,20). The molecule has 0 saturated heterocycles. The fourth-order valence-electron chi connectivity index (χ4n) is 2.38. The van der Waals surface area contributed by atoms with Gasteiger partial charge in [0.25, 0.3) is 0 Å². The van der Waals surface area contributed by atoms with Gasteiger partial charge < -0.3 is 9.73 Å². The summed E-state index contributed by atoms with van der Waals surface area (Å²) in [6.45, 7) is 0. The van der Waals surface area contributed by atoms with Crippen LogP contribution in [0.1, 0.15) is 17.2 Å². The van der Waals surface area contributed by atoms with Gasteiger partial charge in [0, 0.05) is 9.50 Å². The lowest BCUT2D eigenvalue weighted by Gasteiger charge is -2.18. The van der Waals surface area contributed by atoms with Crippen molar-refractivity contribution in [3.8, 4) is 0 Å². The molecule has 1 unspecified atom stereocenters. The second-order valence-corrected chi connectivity index (χ2v) is 5.98. The summed E-state index contributed by atoms with van der Waals surface area (Å²) >= 11 is 9.76. The molecule has 3 rings (SSSR count). The first kappa shape index (κ1) is 14.4. The van der Waals surface area contributed by atoms with Gasteiger partial charge in [-0.05, 0) is 48.5 Å². The first-order chi connectivity index (χ1) is 10.1. The molecule has 108 valence electrons. The molecule has 21 heavy (non-hydrogen) atoms. The van der Waals surface area contributed by atoms with E-state index >= 15 is 0 Å². The van der Waals surface area contributed by atoms with Crippen molar-refractivity contribution in [3.63, 3.8) is 0 Å². The van der Waals surface area contributed by atoms with Crippen molar-refractivity contribution in [2.75, 3.05) is 7.05 Å². The summed E-state index contributed by atoms with van der Waals surface area (Å²) in [7, 11) is 1.86. The van der Waals surface area contributed by atoms with Crippen molar-refractivity contribution in [2.45, 2.75) is 6.04 Å². The highest BCUT2D eigenvalue weighted by molar-refractivity contribution is 9.10. The zero-order valence-electron chi connectivity index (χ0n) is 11.1. The van der Waals surface area contributed by atoms with E-state index in [4.69, 9.17) is 16.0 Å². The number of hydrogen-bond acceptors (Lipinski definition) is 3. The largest absolute Gasteiger partial charge is 0.417 e. The Morgan fingerprint density at radius 2 is 2.10 bits per heavy atom. The normalized spacial score (nSPS) is 12.7. The van der Waals surface area contributed by atoms with Crippen LogP contribution in [-0.4, -0.2) is 12.0 Å². The average molecular weight is 368 g/mol. The van der Waals surface area contributed by atoms with Gasteiger partial charge in [0.15, 0.2) is 5.58 Å². The summed E-state index contributed by atoms with van der Waals surface area (Å²) in [5.41, 5.74) is 3.13. The smallest absolute Gasteiger partial charge is 0.408 e. The minimum absolute atomic E-state index is 0.0976. The maximum absolute atomic E-state index is 11.2. The number of H-pyrrole nitrogens is 1. The topological polar surface area (TPSA) is 58.0 Å². The van der Waals surface area contributed by atoms with Crippen LogP contribution in [-0.2, 0) is 0 Å². The summed E-state index contributed by atoms with van der Waals surface area (Å²) in [6.07, 6.45) is 0. The fourth-order valence-corrected chi connectivity index (χ4v) is 2.98. The first-order valence-corrected chi connectivity index (χ1v) is 7.50. The summed E-state index contributed by atoms with van der Waals surface area (Å²) in [5.74, 6) is -0.455. The van der Waals surface area contributed by atoms with Gasteiger partial charge in [-0.2, -0.15) is 0 Å². The van der Waals surface area contributed by atoms with Crippen LogP contribution < -0.4 is 11.1 Å². The lowest BCUT2D eigenvalue weighted by atomic mass is 9.98. The molecule has 0 aliphatic heterocycles. The third-order valence-corrected chi connectivity index (χ3v) is 4.17. The molecule has 1 atom stereocenters. The molecule has 6 heteroatoms. The van der Waals surface area contributed by atoms with Crippen LogP contribution in [0.2, 0.25) is 5.02 Å². The molecule has 2 aromatic carbocycles. The Morgan fingerprint density at radius 1 is 1.29 bits per heavy atom. The van der Waals surface area contributed by atoms with Crippen LogP contribution in [0.25, 0.3) is 11.1 Å². The number of nitrogens with one attached hydrogen (secondary N) is 2. The predicted octanol–water partition coefficient (Wildman–Crippen LogP) is 3.85. The van der Waals surface area contributed by atoms with Crippen molar-refractivity contribution >= 4 is 38.6 Å². The monoisotopic (exact) mass is 366 g/mol. The Bertz CT molecular complexity index is 856. The molecule has 0 saturated carbocycles. The van der Waals surface area contributed by atoms with E-state index in [9.17, 15) is 4.79 Å². The lowest BCUT2D eigenvalue weighted by Crippen LogP contribution is -2.18. The van der Waals surface area contributed by atoms with E-state index < -0.39 is 5.76 Å². The van der Waals surface area contributed by atoms with Gasteiger partial charge >= 0.3 is 5.76 Å². The Morgan fingerprint density at radius 3 is 2.86 bits per heavy atom. The molecule has 0 fully saturated rings. The summed E-state index contributed by atoms with van der Waals surface area (Å²) in [5, 5.41) is 3.91. The third kappa shape index (κ3) is 2.77. The second-order valence-electron chi connectivity index (χ2n) is 4.66. The molecule has 0 radical (unpaired) electrons. The number of rotatable bonds is 3. The van der Waals surface area contributed by atoms with Gasteiger partial charge in [-0.25, -0.2) is 4.79 Å². The van der Waals surface area contributed by atoms with Crippen molar-refractivity contribution in [1.82, 2.24) is 10.3 Å². The SMILES string of the molecule is CNC(c1ccc2[nH]c(=O)oc2c1)c1cc(Br)ccc1Cl. The lowest BCUT2D eigenvalue weighted by molar-refractivity contribution is 0.554. The van der Waals surface area contributed by atoms with E-state index in [2.05, 4.69) is 26.2 Å². The van der Waals surface area contributed by atoms with Crippen molar-refractivity contribution in [3.05, 3.63) is 67.6 Å². The predicted molar refractivity (Wildman–Crippen MR) is 86.9 cm³/mol. The van der Waals surface area contributed by atoms with E-state index in [0.29, 0.717) is 16.1 Å². The highest BCUT2D eigenvalue weighted by Gasteiger charge is 2.17. The highest BCUT2D eigenvalue weighted by atomic mass is 79.9. The molecule has 0 amide bonds. The Labute approximate surface area is 134 Å². The zero-order valence-corrected chi connectivity index (χ0v) is 13.5. The minimum Gasteiger partial charge on any atom is -0.408 e. The maximum atomic E-state index is 11.2. The quantitative estimate of drug-likeness (QED) is 0.739. The number of halogens is 2. The van der Waals surface area contributed by atoms with Crippen LogP contribution in [0.15, 0.2) is 50.1 Å². The van der Waals surface area contributed by atoms with Gasteiger partial charge in [-0.15, -0.1) is 0 Å². The van der Waals surface area contributed by atoms with E-state index in [-0.39, 0.29) is 6.04 Å². The Kier molecular flexibility index (Phi) is 3.89. The van der Waals surface area contributed by atoms with E-state index in [1.54, 1.807) is 0 Å². The van der Waals surface area contributed by atoms with Gasteiger partial charge in [0.2, 0.25) is 0 Å². The molecule has 0 spiro atoms. The number of hydrogen-bond donors (Lipinski definition) is 2. The Hall–Kier alpha value is -1.56. The minimum atomic E-state index is -0.455. The van der Waals surface area contributed by atoms with E-state index in [0.717, 1.165) is 15.6 Å². The summed E-state index contributed by atoms with van der Waals surface area (Å²) in [6, 6.07) is 11.2. The first-order valence-electron chi connectivity index (χ1n) is 6.33. The highest BCUT2D eigenvalue weighted by Crippen LogP contribution is 2.31. The van der Waals surface area contributed by atoms with Gasteiger partial charge in [-0.3, -0.25) is 4.98 Å². The molecule has 0 bridgehead atoms. The molecule has 3 aromatic rings. The average Bonchev–Trinajstić information content (AvgIpc) is 2.83. The fraction of sp³-hybridized carbons (Fsp3) is 0.133. The number of aromatic nitrogens is 1. The van der Waals surface area contributed by atoms with Crippen molar-refractivity contribution < 1.29 is 4.42 Å². The molecule has 0 aliphatic rings. The zero-order chi connectivity index (χ0) is 15.0. The van der Waals surface area contributed by atoms with Gasteiger partial charge in [0.05, 0.1) is 11.6 Å². The van der Waals surface area contributed by atoms with Crippen molar-refractivity contribution in [2.24, 2.45) is 0 Å². The van der Waals surface area contributed by atoms with Crippen LogP contribution in [0.3, 0.4) is 0 Å². The Balaban J connectivity index is 2.12. The van der Waals surface area contributed by atoms with Crippen LogP contribution >= 0.6 is 27.5 Å².